The highest BCUT2D eigenvalue weighted by Crippen LogP contribution is 2.38. The second-order valence-electron chi connectivity index (χ2n) is 4.78. The molecule has 0 aromatic carbocycles. The minimum Gasteiger partial charge on any atom is -0.391 e. The van der Waals surface area contributed by atoms with E-state index in [9.17, 15) is 14.5 Å². The third-order valence-corrected chi connectivity index (χ3v) is 3.73. The number of aliphatic hydroxyl groups is 1. The second-order valence-corrected chi connectivity index (χ2v) is 5.47. The lowest BCUT2D eigenvalue weighted by Gasteiger charge is -2.19. The monoisotopic (exact) mass is 334 g/mol. The lowest BCUT2D eigenvalue weighted by molar-refractivity contribution is -0.0816. The molecule has 5 unspecified atom stereocenters. The van der Waals surface area contributed by atoms with E-state index in [1.165, 1.54) is 26.3 Å². The first kappa shape index (κ1) is 16.9. The maximum absolute atomic E-state index is 11.9. The van der Waals surface area contributed by atoms with Gasteiger partial charge in [0.1, 0.15) is 18.0 Å². The fourth-order valence-corrected chi connectivity index (χ4v) is 2.82. The van der Waals surface area contributed by atoms with Crippen LogP contribution in [0.2, 0.25) is 0 Å². The number of hydrogen-bond donors (Lipinski definition) is 3. The van der Waals surface area contributed by atoms with Gasteiger partial charge in [-0.05, 0) is 13.0 Å². The average Bonchev–Trinajstić information content (AvgIpc) is 2.76. The number of hydrogen-bond acceptors (Lipinski definition) is 8. The largest absolute Gasteiger partial charge is 0.695 e. The van der Waals surface area contributed by atoms with Crippen LogP contribution in [0, 0.1) is 0 Å². The van der Waals surface area contributed by atoms with E-state index in [1.807, 2.05) is 0 Å². The van der Waals surface area contributed by atoms with Gasteiger partial charge in [-0.25, -0.2) is 4.79 Å². The van der Waals surface area contributed by atoms with Crippen molar-refractivity contribution in [3.8, 4) is 0 Å². The van der Waals surface area contributed by atoms with Gasteiger partial charge in [0.15, 0.2) is 12.3 Å². The van der Waals surface area contributed by atoms with Crippen molar-refractivity contribution in [2.45, 2.75) is 37.6 Å². The van der Waals surface area contributed by atoms with Crippen molar-refractivity contribution in [1.82, 2.24) is 9.55 Å². The molecular weight excluding hydrogens is 317 g/mol. The third kappa shape index (κ3) is 3.32. The lowest BCUT2D eigenvalue weighted by atomic mass is 10.1. The number of ether oxygens (including phenoxy) is 2. The van der Waals surface area contributed by atoms with Gasteiger partial charge in [0, 0.05) is 17.9 Å². The van der Waals surface area contributed by atoms with Crippen molar-refractivity contribution >= 4 is 14.1 Å². The Morgan fingerprint density at radius 1 is 1.55 bits per heavy atom. The summed E-state index contributed by atoms with van der Waals surface area (Å²) >= 11 is 0. The van der Waals surface area contributed by atoms with Gasteiger partial charge in [-0.2, -0.15) is 4.98 Å². The van der Waals surface area contributed by atoms with Crippen LogP contribution in [0.3, 0.4) is 0 Å². The summed E-state index contributed by atoms with van der Waals surface area (Å²) in [6.45, 7) is 1.44. The fraction of sp³-hybridized carbons (Fsp3) is 0.636. The average molecular weight is 334 g/mol. The van der Waals surface area contributed by atoms with E-state index in [1.54, 1.807) is 0 Å². The van der Waals surface area contributed by atoms with E-state index < -0.39 is 44.6 Å². The van der Waals surface area contributed by atoms with E-state index in [0.29, 0.717) is 0 Å². The van der Waals surface area contributed by atoms with Gasteiger partial charge in [-0.1, -0.05) is 0 Å². The highest BCUT2D eigenvalue weighted by molar-refractivity contribution is 7.32. The topological polar surface area (TPSA) is 146 Å². The summed E-state index contributed by atoms with van der Waals surface area (Å²) in [7, 11) is -1.60. The van der Waals surface area contributed by atoms with E-state index in [0.717, 1.165) is 4.57 Å². The number of aliphatic hydroxyl groups excluding tert-OH is 1. The Kier molecular flexibility index (Phi) is 5.22. The first-order chi connectivity index (χ1) is 10.3. The fourth-order valence-electron chi connectivity index (χ4n) is 2.37. The number of aromatic nitrogens is 2. The maximum Gasteiger partial charge on any atom is 0.695 e. The Labute approximate surface area is 126 Å². The molecule has 0 radical (unpaired) electrons. The standard InChI is InChI=1S/C11H16N3O7P/c1-5(15)7-8(21-22(17)18)9(19-2)10(20-7)14-4-3-6(12)13-11(14)16/h3-5,7-10,15H,1-2H3,(H2-,12,13,16,17,18)/p+1/t5-,7?,8?,9?,10?/m0/s1. The summed E-state index contributed by atoms with van der Waals surface area (Å²) in [5, 5.41) is 9.77. The Hall–Kier alpha value is -1.42. The van der Waals surface area contributed by atoms with Crippen LogP contribution in [-0.4, -0.2) is 51.1 Å². The van der Waals surface area contributed by atoms with Crippen LogP contribution in [0.4, 0.5) is 5.82 Å². The second kappa shape index (κ2) is 6.78. The molecule has 2 rings (SSSR count). The van der Waals surface area contributed by atoms with Crippen LogP contribution in [-0.2, 0) is 18.6 Å². The Morgan fingerprint density at radius 2 is 2.23 bits per heavy atom. The van der Waals surface area contributed by atoms with Gasteiger partial charge in [-0.15, -0.1) is 9.42 Å². The van der Waals surface area contributed by atoms with E-state index in [-0.39, 0.29) is 5.82 Å². The Morgan fingerprint density at radius 3 is 2.73 bits per heavy atom. The summed E-state index contributed by atoms with van der Waals surface area (Å²) in [6.07, 6.45) is -3.51. The minimum atomic E-state index is -2.94. The molecule has 122 valence electrons. The molecule has 0 amide bonds. The van der Waals surface area contributed by atoms with Crippen molar-refractivity contribution in [2.24, 2.45) is 0 Å². The number of anilines is 1. The van der Waals surface area contributed by atoms with Crippen molar-refractivity contribution in [1.29, 1.82) is 0 Å². The zero-order valence-electron chi connectivity index (χ0n) is 11.9. The molecule has 0 aliphatic carbocycles. The quantitative estimate of drug-likeness (QED) is 0.586. The molecule has 6 atom stereocenters. The number of nitrogens with zero attached hydrogens (tertiary/aromatic N) is 2. The predicted molar refractivity (Wildman–Crippen MR) is 74.0 cm³/mol. The molecule has 1 aliphatic rings. The van der Waals surface area contributed by atoms with Crippen LogP contribution in [0.5, 0.6) is 0 Å². The Balaban J connectivity index is 2.39. The highest BCUT2D eigenvalue weighted by Gasteiger charge is 2.52. The van der Waals surface area contributed by atoms with Crippen LogP contribution < -0.4 is 11.4 Å². The SMILES string of the molecule is COC1C(O[P+](=O)O)C([C@H](C)O)OC1n1ccc(N)nc1=O. The van der Waals surface area contributed by atoms with Crippen molar-refractivity contribution in [2.75, 3.05) is 12.8 Å². The van der Waals surface area contributed by atoms with Gasteiger partial charge >= 0.3 is 13.9 Å². The van der Waals surface area contributed by atoms with E-state index >= 15 is 0 Å². The van der Waals surface area contributed by atoms with Gasteiger partial charge in [-0.3, -0.25) is 4.57 Å². The maximum atomic E-state index is 11.9. The molecule has 1 aromatic rings. The molecule has 1 fully saturated rings. The van der Waals surface area contributed by atoms with Crippen LogP contribution >= 0.6 is 8.25 Å². The molecule has 0 saturated carbocycles. The molecule has 1 aromatic heterocycles. The highest BCUT2D eigenvalue weighted by atomic mass is 31.1. The van der Waals surface area contributed by atoms with Gasteiger partial charge in [0.25, 0.3) is 0 Å². The minimum absolute atomic E-state index is 0.0477. The normalized spacial score (nSPS) is 30.3. The summed E-state index contributed by atoms with van der Waals surface area (Å²) in [5.41, 5.74) is 4.75. The summed E-state index contributed by atoms with van der Waals surface area (Å²) < 4.78 is 27.8. The number of rotatable bonds is 5. The first-order valence-electron chi connectivity index (χ1n) is 6.39. The summed E-state index contributed by atoms with van der Waals surface area (Å²) in [5.74, 6) is 0.0477. The summed E-state index contributed by atoms with van der Waals surface area (Å²) in [4.78, 5) is 24.5. The zero-order chi connectivity index (χ0) is 16.4. The van der Waals surface area contributed by atoms with E-state index in [4.69, 9.17) is 24.6 Å². The van der Waals surface area contributed by atoms with E-state index in [2.05, 4.69) is 4.98 Å². The van der Waals surface area contributed by atoms with Gasteiger partial charge in [0.2, 0.25) is 0 Å². The molecule has 22 heavy (non-hydrogen) atoms. The lowest BCUT2D eigenvalue weighted by Crippen LogP contribution is -2.40. The number of nitrogens with two attached hydrogens (primary N) is 1. The Bertz CT molecular complexity index is 608. The summed E-state index contributed by atoms with van der Waals surface area (Å²) in [6, 6.07) is 1.40. The van der Waals surface area contributed by atoms with Gasteiger partial charge < -0.3 is 20.3 Å². The first-order valence-corrected chi connectivity index (χ1v) is 7.52. The number of methoxy groups -OCH3 is 1. The van der Waals surface area contributed by atoms with Crippen LogP contribution in [0.1, 0.15) is 13.2 Å². The molecule has 1 saturated heterocycles. The van der Waals surface area contributed by atoms with Gasteiger partial charge in [0.05, 0.1) is 6.10 Å². The predicted octanol–water partition coefficient (Wildman–Crippen LogP) is -0.846. The molecule has 2 heterocycles. The molecule has 11 heteroatoms. The molecule has 4 N–H and O–H groups in total. The van der Waals surface area contributed by atoms with Crippen LogP contribution in [0.15, 0.2) is 17.1 Å². The molecule has 0 bridgehead atoms. The number of nitrogen functional groups attached to an aromatic ring is 1. The zero-order valence-corrected chi connectivity index (χ0v) is 12.8. The van der Waals surface area contributed by atoms with Crippen molar-refractivity contribution in [3.05, 3.63) is 22.7 Å². The van der Waals surface area contributed by atoms with Crippen molar-refractivity contribution < 1.29 is 28.6 Å². The van der Waals surface area contributed by atoms with Crippen LogP contribution in [0.25, 0.3) is 0 Å². The smallest absolute Gasteiger partial charge is 0.391 e. The molecule has 1 aliphatic heterocycles. The molecular formula is C11H17N3O7P+. The molecule has 0 spiro atoms. The van der Waals surface area contributed by atoms with Crippen molar-refractivity contribution in [3.63, 3.8) is 0 Å². The third-order valence-electron chi connectivity index (χ3n) is 3.31. The molecule has 10 nitrogen and oxygen atoms in total.